The van der Waals surface area contributed by atoms with Gasteiger partial charge in [0.15, 0.2) is 5.69 Å². The van der Waals surface area contributed by atoms with Crippen molar-refractivity contribution in [2.24, 2.45) is 5.92 Å². The maximum Gasteiger partial charge on any atom is 0.290 e. The van der Waals surface area contributed by atoms with E-state index in [4.69, 9.17) is 0 Å². The van der Waals surface area contributed by atoms with E-state index in [9.17, 15) is 9.59 Å². The van der Waals surface area contributed by atoms with Crippen molar-refractivity contribution in [3.8, 4) is 0 Å². The zero-order valence-electron chi connectivity index (χ0n) is 16.1. The average molecular weight is 369 g/mol. The number of carbonyl (C=O) groups excluding carboxylic acids is 2. The highest BCUT2D eigenvalue weighted by Gasteiger charge is 2.30. The third-order valence-electron chi connectivity index (χ3n) is 5.68. The molecule has 1 unspecified atom stereocenters. The van der Waals surface area contributed by atoms with Gasteiger partial charge in [-0.25, -0.2) is 4.98 Å². The minimum atomic E-state index is -0.102. The first-order chi connectivity index (χ1) is 13.0. The van der Waals surface area contributed by atoms with Gasteiger partial charge in [0.25, 0.3) is 11.8 Å². The number of piperidine rings is 1. The monoisotopic (exact) mass is 369 g/mol. The normalized spacial score (nSPS) is 21.6. The number of carbonyl (C=O) groups is 2. The Morgan fingerprint density at radius 1 is 1.04 bits per heavy atom. The molecule has 2 saturated heterocycles. The van der Waals surface area contributed by atoms with Gasteiger partial charge >= 0.3 is 0 Å². The maximum atomic E-state index is 13.1. The number of imidazole rings is 1. The predicted molar refractivity (Wildman–Crippen MR) is 103 cm³/mol. The lowest BCUT2D eigenvalue weighted by Gasteiger charge is -2.32. The van der Waals surface area contributed by atoms with Crippen molar-refractivity contribution in [2.45, 2.75) is 19.8 Å². The number of likely N-dealkylation sites (tertiary alicyclic amines) is 1. The van der Waals surface area contributed by atoms with Crippen LogP contribution < -0.4 is 0 Å². The van der Waals surface area contributed by atoms with E-state index in [1.54, 1.807) is 4.40 Å². The van der Waals surface area contributed by atoms with Gasteiger partial charge in [-0.2, -0.15) is 0 Å². The van der Waals surface area contributed by atoms with E-state index in [1.807, 2.05) is 34.2 Å². The minimum Gasteiger partial charge on any atom is -0.337 e. The standard InChI is InChI=1S/C20H27N5O2/c1-15-6-5-8-24(14-15)19(26)17-16-7-3-4-9-25(16)18(21-17)20(27)23-12-10-22(2)11-13-23/h3-4,7,9,15H,5-6,8,10-14H2,1-2H3. The second-order valence-corrected chi connectivity index (χ2v) is 7.83. The quantitative estimate of drug-likeness (QED) is 0.807. The summed E-state index contributed by atoms with van der Waals surface area (Å²) in [5.41, 5.74) is 1.10. The number of hydrogen-bond donors (Lipinski definition) is 0. The number of piperazine rings is 1. The van der Waals surface area contributed by atoms with Crippen molar-refractivity contribution in [3.63, 3.8) is 0 Å². The van der Waals surface area contributed by atoms with E-state index in [0.717, 1.165) is 39.0 Å². The summed E-state index contributed by atoms with van der Waals surface area (Å²) in [7, 11) is 2.06. The molecule has 0 radical (unpaired) electrons. The van der Waals surface area contributed by atoms with Gasteiger partial charge in [0.1, 0.15) is 0 Å². The van der Waals surface area contributed by atoms with Gasteiger partial charge in [-0.15, -0.1) is 0 Å². The zero-order valence-corrected chi connectivity index (χ0v) is 16.1. The smallest absolute Gasteiger partial charge is 0.290 e. The molecule has 7 heteroatoms. The molecule has 2 amide bonds. The van der Waals surface area contributed by atoms with Gasteiger partial charge < -0.3 is 14.7 Å². The molecule has 2 aromatic rings. The summed E-state index contributed by atoms with van der Waals surface area (Å²) < 4.78 is 1.77. The third-order valence-corrected chi connectivity index (χ3v) is 5.68. The Hall–Kier alpha value is -2.41. The number of rotatable bonds is 2. The molecule has 4 rings (SSSR count). The van der Waals surface area contributed by atoms with E-state index < -0.39 is 0 Å². The Morgan fingerprint density at radius 2 is 1.81 bits per heavy atom. The fourth-order valence-electron chi connectivity index (χ4n) is 4.02. The number of hydrogen-bond acceptors (Lipinski definition) is 4. The van der Waals surface area contributed by atoms with Gasteiger partial charge in [-0.05, 0) is 37.9 Å². The molecule has 0 bridgehead atoms. The average Bonchev–Trinajstić information content (AvgIpc) is 3.07. The summed E-state index contributed by atoms with van der Waals surface area (Å²) in [6, 6.07) is 5.62. The van der Waals surface area contributed by atoms with Crippen LogP contribution in [-0.2, 0) is 0 Å². The van der Waals surface area contributed by atoms with E-state index in [1.165, 1.54) is 0 Å². The van der Waals surface area contributed by atoms with E-state index in [2.05, 4.69) is 23.9 Å². The molecule has 0 N–H and O–H groups in total. The molecule has 0 spiro atoms. The van der Waals surface area contributed by atoms with Crippen LogP contribution in [0.3, 0.4) is 0 Å². The van der Waals surface area contributed by atoms with Crippen LogP contribution in [0.4, 0.5) is 0 Å². The number of amides is 2. The van der Waals surface area contributed by atoms with Gasteiger partial charge in [0.05, 0.1) is 5.52 Å². The van der Waals surface area contributed by atoms with Gasteiger partial charge in [0.2, 0.25) is 5.82 Å². The molecule has 2 aliphatic rings. The molecule has 7 nitrogen and oxygen atoms in total. The fraction of sp³-hybridized carbons (Fsp3) is 0.550. The number of likely N-dealkylation sites (N-methyl/N-ethyl adjacent to an activating group) is 1. The van der Waals surface area contributed by atoms with E-state index in [0.29, 0.717) is 36.0 Å². The molecule has 0 saturated carbocycles. The Kier molecular flexibility index (Phi) is 4.86. The highest BCUT2D eigenvalue weighted by atomic mass is 16.2. The Labute approximate surface area is 159 Å². The lowest BCUT2D eigenvalue weighted by Crippen LogP contribution is -2.47. The first kappa shape index (κ1) is 18.0. The van der Waals surface area contributed by atoms with Crippen LogP contribution in [0.15, 0.2) is 24.4 Å². The molecule has 2 aliphatic heterocycles. The molecule has 27 heavy (non-hydrogen) atoms. The molecule has 4 heterocycles. The summed E-state index contributed by atoms with van der Waals surface area (Å²) >= 11 is 0. The molecule has 2 fully saturated rings. The largest absolute Gasteiger partial charge is 0.337 e. The molecule has 144 valence electrons. The van der Waals surface area contributed by atoms with Crippen molar-refractivity contribution in [1.29, 1.82) is 0 Å². The Morgan fingerprint density at radius 3 is 2.56 bits per heavy atom. The number of nitrogens with zero attached hydrogens (tertiary/aromatic N) is 5. The first-order valence-electron chi connectivity index (χ1n) is 9.79. The van der Waals surface area contributed by atoms with Crippen LogP contribution in [0.25, 0.3) is 5.52 Å². The van der Waals surface area contributed by atoms with Crippen LogP contribution in [-0.4, -0.2) is 82.2 Å². The SMILES string of the molecule is CC1CCCN(C(=O)c2nc(C(=O)N3CCN(C)CC3)n3ccccc23)C1. The van der Waals surface area contributed by atoms with Gasteiger partial charge in [0, 0.05) is 45.5 Å². The summed E-state index contributed by atoms with van der Waals surface area (Å²) in [4.78, 5) is 36.7. The van der Waals surface area contributed by atoms with Crippen LogP contribution >= 0.6 is 0 Å². The van der Waals surface area contributed by atoms with Crippen LogP contribution in [0.2, 0.25) is 0 Å². The number of aromatic nitrogens is 2. The Bertz CT molecular complexity index is 853. The topological polar surface area (TPSA) is 61.2 Å². The Balaban J connectivity index is 1.67. The molecular weight excluding hydrogens is 342 g/mol. The number of fused-ring (bicyclic) bond motifs is 1. The second-order valence-electron chi connectivity index (χ2n) is 7.83. The summed E-state index contributed by atoms with van der Waals surface area (Å²) in [6.45, 7) is 6.77. The summed E-state index contributed by atoms with van der Waals surface area (Å²) in [5.74, 6) is 0.671. The van der Waals surface area contributed by atoms with E-state index >= 15 is 0 Å². The number of pyridine rings is 1. The lowest BCUT2D eigenvalue weighted by molar-refractivity contribution is 0.0650. The van der Waals surface area contributed by atoms with Crippen molar-refractivity contribution in [3.05, 3.63) is 35.9 Å². The van der Waals surface area contributed by atoms with Crippen molar-refractivity contribution >= 4 is 17.3 Å². The maximum absolute atomic E-state index is 13.1. The molecule has 0 aromatic carbocycles. The van der Waals surface area contributed by atoms with Crippen molar-refractivity contribution in [2.75, 3.05) is 46.3 Å². The van der Waals surface area contributed by atoms with Gasteiger partial charge in [-0.3, -0.25) is 14.0 Å². The minimum absolute atomic E-state index is 0.0670. The fourth-order valence-corrected chi connectivity index (χ4v) is 4.02. The molecular formula is C20H27N5O2. The predicted octanol–water partition coefficient (Wildman–Crippen LogP) is 1.59. The molecule has 0 aliphatic carbocycles. The highest BCUT2D eigenvalue weighted by molar-refractivity contribution is 6.02. The van der Waals surface area contributed by atoms with Gasteiger partial charge in [-0.1, -0.05) is 13.0 Å². The molecule has 1 atom stereocenters. The van der Waals surface area contributed by atoms with E-state index in [-0.39, 0.29) is 11.8 Å². The lowest BCUT2D eigenvalue weighted by atomic mass is 10.00. The third kappa shape index (κ3) is 3.43. The highest BCUT2D eigenvalue weighted by Crippen LogP contribution is 2.21. The zero-order chi connectivity index (χ0) is 19.0. The van der Waals surface area contributed by atoms with Crippen LogP contribution in [0, 0.1) is 5.92 Å². The second kappa shape index (κ2) is 7.31. The first-order valence-corrected chi connectivity index (χ1v) is 9.79. The van der Waals surface area contributed by atoms with Crippen LogP contribution in [0.5, 0.6) is 0 Å². The van der Waals surface area contributed by atoms with Crippen molar-refractivity contribution < 1.29 is 9.59 Å². The van der Waals surface area contributed by atoms with Crippen LogP contribution in [0.1, 0.15) is 40.9 Å². The van der Waals surface area contributed by atoms with Crippen molar-refractivity contribution in [1.82, 2.24) is 24.1 Å². The summed E-state index contributed by atoms with van der Waals surface area (Å²) in [5, 5.41) is 0. The molecule has 2 aromatic heterocycles. The summed E-state index contributed by atoms with van der Waals surface area (Å²) in [6.07, 6.45) is 3.99.